The molecule has 29 heavy (non-hydrogen) atoms. The summed E-state index contributed by atoms with van der Waals surface area (Å²) in [5.74, 6) is -0.348. The minimum Gasteiger partial charge on any atom is -0.496 e. The lowest BCUT2D eigenvalue weighted by Crippen LogP contribution is -2.10. The summed E-state index contributed by atoms with van der Waals surface area (Å²) in [5.41, 5.74) is 0.126. The molecule has 154 valence electrons. The van der Waals surface area contributed by atoms with E-state index in [2.05, 4.69) is 0 Å². The van der Waals surface area contributed by atoms with E-state index >= 15 is 0 Å². The SMILES string of the molecule is CCOc1cc(C(=O)OCc2cc(C(C)=O)ccc2OC)c([N+](=O)[O-])cc1OC. The molecule has 0 heterocycles. The zero-order valence-corrected chi connectivity index (χ0v) is 16.5. The minimum atomic E-state index is -0.921. The van der Waals surface area contributed by atoms with Crippen molar-refractivity contribution in [3.63, 3.8) is 0 Å². The molecule has 0 unspecified atom stereocenters. The van der Waals surface area contributed by atoms with Crippen LogP contribution >= 0.6 is 0 Å². The van der Waals surface area contributed by atoms with Crippen molar-refractivity contribution < 1.29 is 33.5 Å². The van der Waals surface area contributed by atoms with Gasteiger partial charge in [-0.25, -0.2) is 4.79 Å². The van der Waals surface area contributed by atoms with Crippen molar-refractivity contribution in [2.45, 2.75) is 20.5 Å². The van der Waals surface area contributed by atoms with Crippen LogP contribution in [-0.4, -0.2) is 37.5 Å². The molecule has 0 radical (unpaired) electrons. The van der Waals surface area contributed by atoms with Crippen molar-refractivity contribution in [2.75, 3.05) is 20.8 Å². The number of nitro benzene ring substituents is 1. The third kappa shape index (κ3) is 5.01. The van der Waals surface area contributed by atoms with Gasteiger partial charge < -0.3 is 18.9 Å². The summed E-state index contributed by atoms with van der Waals surface area (Å²) in [4.78, 5) is 34.9. The number of ether oxygens (including phenoxy) is 4. The molecule has 0 fully saturated rings. The zero-order valence-electron chi connectivity index (χ0n) is 16.5. The second-order valence-corrected chi connectivity index (χ2v) is 5.87. The topological polar surface area (TPSA) is 114 Å². The monoisotopic (exact) mass is 403 g/mol. The highest BCUT2D eigenvalue weighted by Gasteiger charge is 2.26. The molecule has 0 amide bonds. The Morgan fingerprint density at radius 1 is 1.03 bits per heavy atom. The van der Waals surface area contributed by atoms with E-state index in [1.165, 1.54) is 27.2 Å². The number of rotatable bonds is 9. The number of methoxy groups -OCH3 is 2. The quantitative estimate of drug-likeness (QED) is 0.270. The predicted octanol–water partition coefficient (Wildman–Crippen LogP) is 3.57. The highest BCUT2D eigenvalue weighted by molar-refractivity contribution is 5.95. The Morgan fingerprint density at radius 2 is 1.72 bits per heavy atom. The molecule has 0 aliphatic carbocycles. The molecule has 0 spiro atoms. The van der Waals surface area contributed by atoms with E-state index in [1.807, 2.05) is 0 Å². The molecule has 0 atom stereocenters. The van der Waals surface area contributed by atoms with E-state index in [-0.39, 0.29) is 36.1 Å². The number of carbonyl (C=O) groups excluding carboxylic acids is 2. The van der Waals surface area contributed by atoms with Gasteiger partial charge in [0.05, 0.1) is 31.8 Å². The fourth-order valence-electron chi connectivity index (χ4n) is 2.62. The van der Waals surface area contributed by atoms with Crippen molar-refractivity contribution >= 4 is 17.4 Å². The van der Waals surface area contributed by atoms with E-state index in [1.54, 1.807) is 25.1 Å². The van der Waals surface area contributed by atoms with Crippen molar-refractivity contribution in [1.82, 2.24) is 0 Å². The second kappa shape index (κ2) is 9.54. The van der Waals surface area contributed by atoms with Crippen LogP contribution in [0.4, 0.5) is 5.69 Å². The number of hydrogen-bond acceptors (Lipinski definition) is 8. The fraction of sp³-hybridized carbons (Fsp3) is 0.300. The van der Waals surface area contributed by atoms with E-state index in [0.717, 1.165) is 6.07 Å². The number of benzene rings is 2. The molecule has 0 bridgehead atoms. The van der Waals surface area contributed by atoms with Gasteiger partial charge in [-0.1, -0.05) is 0 Å². The number of esters is 1. The summed E-state index contributed by atoms with van der Waals surface area (Å²) in [6.45, 7) is 3.18. The van der Waals surface area contributed by atoms with Gasteiger partial charge in [0, 0.05) is 17.2 Å². The van der Waals surface area contributed by atoms with Gasteiger partial charge in [0.1, 0.15) is 17.9 Å². The maximum Gasteiger partial charge on any atom is 0.345 e. The predicted molar refractivity (Wildman–Crippen MR) is 103 cm³/mol. The molecular formula is C20H21NO8. The smallest absolute Gasteiger partial charge is 0.345 e. The first-order valence-electron chi connectivity index (χ1n) is 8.66. The van der Waals surface area contributed by atoms with Crippen LogP contribution in [0.3, 0.4) is 0 Å². The molecule has 2 aromatic rings. The highest BCUT2D eigenvalue weighted by atomic mass is 16.6. The first-order chi connectivity index (χ1) is 13.8. The Kier molecular flexibility index (Phi) is 7.13. The van der Waals surface area contributed by atoms with E-state index in [9.17, 15) is 19.7 Å². The molecule has 0 N–H and O–H groups in total. The third-order valence-electron chi connectivity index (χ3n) is 4.04. The van der Waals surface area contributed by atoms with Crippen molar-refractivity contribution in [3.8, 4) is 17.2 Å². The summed E-state index contributed by atoms with van der Waals surface area (Å²) >= 11 is 0. The van der Waals surface area contributed by atoms with Crippen molar-refractivity contribution in [3.05, 3.63) is 57.1 Å². The molecule has 9 nitrogen and oxygen atoms in total. The highest BCUT2D eigenvalue weighted by Crippen LogP contribution is 2.35. The van der Waals surface area contributed by atoms with Crippen LogP contribution in [-0.2, 0) is 11.3 Å². The Hall–Kier alpha value is -3.62. The second-order valence-electron chi connectivity index (χ2n) is 5.87. The molecule has 9 heteroatoms. The normalized spacial score (nSPS) is 10.2. The molecule has 2 rings (SSSR count). The first kappa shape index (κ1) is 21.7. The number of nitro groups is 1. The van der Waals surface area contributed by atoms with Crippen LogP contribution in [0.15, 0.2) is 30.3 Å². The van der Waals surface area contributed by atoms with Gasteiger partial charge >= 0.3 is 5.97 Å². The van der Waals surface area contributed by atoms with Gasteiger partial charge in [-0.2, -0.15) is 0 Å². The van der Waals surface area contributed by atoms with Crippen LogP contribution in [0.1, 0.15) is 40.1 Å². The van der Waals surface area contributed by atoms with Gasteiger partial charge in [0.2, 0.25) is 0 Å². The van der Waals surface area contributed by atoms with Gasteiger partial charge in [-0.05, 0) is 32.0 Å². The molecular weight excluding hydrogens is 382 g/mol. The minimum absolute atomic E-state index is 0.130. The Balaban J connectivity index is 2.35. The number of nitrogens with zero attached hydrogens (tertiary/aromatic N) is 1. The number of ketones is 1. The summed E-state index contributed by atoms with van der Waals surface area (Å²) < 4.78 is 20.9. The van der Waals surface area contributed by atoms with Gasteiger partial charge in [0.15, 0.2) is 17.3 Å². The summed E-state index contributed by atoms with van der Waals surface area (Å²) in [6.07, 6.45) is 0. The van der Waals surface area contributed by atoms with Crippen LogP contribution in [0.5, 0.6) is 17.2 Å². The van der Waals surface area contributed by atoms with Crippen LogP contribution in [0, 0.1) is 10.1 Å². The zero-order chi connectivity index (χ0) is 21.6. The maximum atomic E-state index is 12.6. The lowest BCUT2D eigenvalue weighted by Gasteiger charge is -2.13. The lowest BCUT2D eigenvalue weighted by atomic mass is 10.1. The Labute approximate surface area is 167 Å². The first-order valence-corrected chi connectivity index (χ1v) is 8.66. The Bertz CT molecular complexity index is 938. The van der Waals surface area contributed by atoms with Crippen LogP contribution in [0.25, 0.3) is 0 Å². The van der Waals surface area contributed by atoms with Crippen LogP contribution < -0.4 is 14.2 Å². The summed E-state index contributed by atoms with van der Waals surface area (Å²) in [5, 5.41) is 11.4. The van der Waals surface area contributed by atoms with Gasteiger partial charge in [0.25, 0.3) is 5.69 Å². The fourth-order valence-corrected chi connectivity index (χ4v) is 2.62. The van der Waals surface area contributed by atoms with Crippen molar-refractivity contribution in [1.29, 1.82) is 0 Å². The van der Waals surface area contributed by atoms with Gasteiger partial charge in [-0.15, -0.1) is 0 Å². The maximum absolute atomic E-state index is 12.6. The standard InChI is InChI=1S/C20H21NO8/c1-5-28-19-9-15(16(21(24)25)10-18(19)27-4)20(23)29-11-14-8-13(12(2)22)6-7-17(14)26-3/h6-10H,5,11H2,1-4H3. The molecule has 2 aromatic carbocycles. The van der Waals surface area contributed by atoms with E-state index in [4.69, 9.17) is 18.9 Å². The van der Waals surface area contributed by atoms with Gasteiger partial charge in [-0.3, -0.25) is 14.9 Å². The average molecular weight is 403 g/mol. The number of hydrogen-bond donors (Lipinski definition) is 0. The van der Waals surface area contributed by atoms with Crippen LogP contribution in [0.2, 0.25) is 0 Å². The molecule has 0 aromatic heterocycles. The lowest BCUT2D eigenvalue weighted by molar-refractivity contribution is -0.385. The average Bonchev–Trinajstić information content (AvgIpc) is 2.71. The number of Topliss-reactive ketones (excluding diaryl/α,β-unsaturated/α-hetero) is 1. The largest absolute Gasteiger partial charge is 0.496 e. The van der Waals surface area contributed by atoms with Crippen molar-refractivity contribution in [2.24, 2.45) is 0 Å². The summed E-state index contributed by atoms with van der Waals surface area (Å²) in [6, 6.07) is 7.05. The summed E-state index contributed by atoms with van der Waals surface area (Å²) in [7, 11) is 2.78. The third-order valence-corrected chi connectivity index (χ3v) is 4.04. The Morgan fingerprint density at radius 3 is 2.28 bits per heavy atom. The molecule has 0 aliphatic rings. The van der Waals surface area contributed by atoms with E-state index < -0.39 is 16.6 Å². The van der Waals surface area contributed by atoms with E-state index in [0.29, 0.717) is 16.9 Å². The molecule has 0 saturated carbocycles. The molecule has 0 saturated heterocycles. The number of carbonyl (C=O) groups is 2. The molecule has 0 aliphatic heterocycles.